The third-order valence-corrected chi connectivity index (χ3v) is 2.83. The van der Waals surface area contributed by atoms with Gasteiger partial charge >= 0.3 is 0 Å². The predicted molar refractivity (Wildman–Crippen MR) is 65.4 cm³/mol. The summed E-state index contributed by atoms with van der Waals surface area (Å²) >= 11 is 0. The van der Waals surface area contributed by atoms with E-state index >= 15 is 0 Å². The Hall–Kier alpha value is -1.35. The van der Waals surface area contributed by atoms with E-state index in [1.165, 1.54) is 11.3 Å². The Kier molecular flexibility index (Phi) is 3.94. The van der Waals surface area contributed by atoms with Crippen LogP contribution in [0.3, 0.4) is 0 Å². The van der Waals surface area contributed by atoms with E-state index in [1.54, 1.807) is 0 Å². The van der Waals surface area contributed by atoms with Crippen molar-refractivity contribution >= 4 is 5.71 Å². The molecule has 1 aliphatic rings. The van der Waals surface area contributed by atoms with Crippen molar-refractivity contribution in [2.45, 2.75) is 19.4 Å². The summed E-state index contributed by atoms with van der Waals surface area (Å²) in [7, 11) is 2.14. The first kappa shape index (κ1) is 11.1. The predicted octanol–water partition coefficient (Wildman–Crippen LogP) is 2.28. The number of piperidine rings is 1. The smallest absolute Gasteiger partial charge is 0.142 e. The quantitative estimate of drug-likeness (QED) is 0.727. The molecule has 0 bridgehead atoms. The average Bonchev–Trinajstić information content (AvgIpc) is 2.33. The van der Waals surface area contributed by atoms with E-state index in [1.807, 2.05) is 18.2 Å². The van der Waals surface area contributed by atoms with Crippen LogP contribution < -0.4 is 0 Å². The first-order valence-electron chi connectivity index (χ1n) is 5.75. The molecule has 1 fully saturated rings. The van der Waals surface area contributed by atoms with E-state index < -0.39 is 0 Å². The molecule has 16 heavy (non-hydrogen) atoms. The maximum atomic E-state index is 5.36. The van der Waals surface area contributed by atoms with Crippen LogP contribution >= 0.6 is 0 Å². The summed E-state index contributed by atoms with van der Waals surface area (Å²) in [5.41, 5.74) is 2.36. The van der Waals surface area contributed by atoms with Gasteiger partial charge in [-0.25, -0.2) is 0 Å². The van der Waals surface area contributed by atoms with Crippen LogP contribution in [0.5, 0.6) is 0 Å². The van der Waals surface area contributed by atoms with E-state index in [9.17, 15) is 0 Å². The largest absolute Gasteiger partial charge is 0.391 e. The van der Waals surface area contributed by atoms with Crippen LogP contribution in [0.2, 0.25) is 0 Å². The summed E-state index contributed by atoms with van der Waals surface area (Å²) < 4.78 is 0. The maximum absolute atomic E-state index is 5.36. The molecule has 0 unspecified atom stereocenters. The van der Waals surface area contributed by atoms with Gasteiger partial charge in [0.05, 0.1) is 5.71 Å². The van der Waals surface area contributed by atoms with E-state index in [0.717, 1.165) is 25.9 Å². The first-order valence-corrected chi connectivity index (χ1v) is 5.75. The highest BCUT2D eigenvalue weighted by Crippen LogP contribution is 2.07. The minimum absolute atomic E-state index is 0.570. The highest BCUT2D eigenvalue weighted by molar-refractivity contribution is 5.84. The number of benzene rings is 1. The van der Waals surface area contributed by atoms with Crippen molar-refractivity contribution in [1.29, 1.82) is 0 Å². The highest BCUT2D eigenvalue weighted by Gasteiger charge is 2.11. The number of rotatable bonds is 3. The third kappa shape index (κ3) is 3.35. The van der Waals surface area contributed by atoms with E-state index in [0.29, 0.717) is 6.61 Å². The molecule has 86 valence electrons. The van der Waals surface area contributed by atoms with Gasteiger partial charge in [-0.2, -0.15) is 0 Å². The SMILES string of the molecule is CN1CCC(=NOCc2ccccc2)CC1. The monoisotopic (exact) mass is 218 g/mol. The van der Waals surface area contributed by atoms with Crippen LogP contribution in [0, 0.1) is 0 Å². The van der Waals surface area contributed by atoms with Crippen LogP contribution in [0.1, 0.15) is 18.4 Å². The molecule has 0 N–H and O–H groups in total. The second-order valence-corrected chi connectivity index (χ2v) is 4.22. The molecule has 0 amide bonds. The standard InChI is InChI=1S/C13H18N2O/c1-15-9-7-13(8-10-15)14-16-11-12-5-3-2-4-6-12/h2-6H,7-11H2,1H3. The van der Waals surface area contributed by atoms with Gasteiger partial charge in [-0.1, -0.05) is 35.5 Å². The number of nitrogens with zero attached hydrogens (tertiary/aromatic N) is 2. The third-order valence-electron chi connectivity index (χ3n) is 2.83. The van der Waals surface area contributed by atoms with Crippen LogP contribution in [0.25, 0.3) is 0 Å². The molecule has 0 saturated carbocycles. The van der Waals surface area contributed by atoms with Crippen LogP contribution in [0.4, 0.5) is 0 Å². The molecule has 0 atom stereocenters. The van der Waals surface area contributed by atoms with Crippen molar-refractivity contribution in [3.63, 3.8) is 0 Å². The summed E-state index contributed by atoms with van der Waals surface area (Å²) in [6.45, 7) is 2.75. The summed E-state index contributed by atoms with van der Waals surface area (Å²) in [5.74, 6) is 0. The molecule has 0 aliphatic carbocycles. The van der Waals surface area contributed by atoms with E-state index in [-0.39, 0.29) is 0 Å². The van der Waals surface area contributed by atoms with Gasteiger partial charge in [0, 0.05) is 25.9 Å². The molecule has 1 heterocycles. The highest BCUT2D eigenvalue weighted by atomic mass is 16.6. The lowest BCUT2D eigenvalue weighted by Crippen LogP contribution is -2.30. The zero-order valence-electron chi connectivity index (χ0n) is 9.72. The number of likely N-dealkylation sites (tertiary alicyclic amines) is 1. The molecule has 3 nitrogen and oxygen atoms in total. The Morgan fingerprint density at radius 3 is 2.56 bits per heavy atom. The lowest BCUT2D eigenvalue weighted by molar-refractivity contribution is 0.127. The number of hydrogen-bond donors (Lipinski definition) is 0. The fraction of sp³-hybridized carbons (Fsp3) is 0.462. The molecule has 1 aliphatic heterocycles. The molecule has 3 heteroatoms. The van der Waals surface area contributed by atoms with Gasteiger partial charge in [-0.15, -0.1) is 0 Å². The Bertz CT molecular complexity index is 338. The fourth-order valence-electron chi connectivity index (χ4n) is 1.74. The molecule has 1 aromatic rings. The van der Waals surface area contributed by atoms with Crippen LogP contribution in [-0.4, -0.2) is 30.7 Å². The number of oxime groups is 1. The van der Waals surface area contributed by atoms with Gasteiger partial charge in [0.25, 0.3) is 0 Å². The molecular weight excluding hydrogens is 200 g/mol. The lowest BCUT2D eigenvalue weighted by atomic mass is 10.1. The van der Waals surface area contributed by atoms with Gasteiger partial charge < -0.3 is 9.74 Å². The summed E-state index contributed by atoms with van der Waals surface area (Å²) in [5, 5.41) is 4.20. The zero-order chi connectivity index (χ0) is 11.2. The van der Waals surface area contributed by atoms with Crippen LogP contribution in [0.15, 0.2) is 35.5 Å². The number of hydrogen-bond acceptors (Lipinski definition) is 3. The molecule has 0 spiro atoms. The fourth-order valence-corrected chi connectivity index (χ4v) is 1.74. The van der Waals surface area contributed by atoms with Crippen molar-refractivity contribution < 1.29 is 4.84 Å². The minimum atomic E-state index is 0.570. The van der Waals surface area contributed by atoms with Crippen molar-refractivity contribution in [2.24, 2.45) is 5.16 Å². The summed E-state index contributed by atoms with van der Waals surface area (Å²) in [4.78, 5) is 7.68. The minimum Gasteiger partial charge on any atom is -0.391 e. The molecule has 2 rings (SSSR count). The normalized spacial score (nSPS) is 17.2. The van der Waals surface area contributed by atoms with Crippen molar-refractivity contribution in [1.82, 2.24) is 4.90 Å². The Morgan fingerprint density at radius 2 is 1.88 bits per heavy atom. The van der Waals surface area contributed by atoms with Gasteiger partial charge in [-0.3, -0.25) is 0 Å². The Labute approximate surface area is 96.7 Å². The van der Waals surface area contributed by atoms with Gasteiger partial charge in [0.15, 0.2) is 0 Å². The van der Waals surface area contributed by atoms with E-state index in [4.69, 9.17) is 4.84 Å². The maximum Gasteiger partial charge on any atom is 0.142 e. The topological polar surface area (TPSA) is 24.8 Å². The van der Waals surface area contributed by atoms with Gasteiger partial charge in [0.1, 0.15) is 6.61 Å². The molecular formula is C13H18N2O. The van der Waals surface area contributed by atoms with Gasteiger partial charge in [0.2, 0.25) is 0 Å². The average molecular weight is 218 g/mol. The zero-order valence-corrected chi connectivity index (χ0v) is 9.72. The van der Waals surface area contributed by atoms with E-state index in [2.05, 4.69) is 29.2 Å². The molecule has 0 aromatic heterocycles. The molecule has 1 saturated heterocycles. The van der Waals surface area contributed by atoms with Crippen molar-refractivity contribution in [3.8, 4) is 0 Å². The van der Waals surface area contributed by atoms with Gasteiger partial charge in [-0.05, 0) is 12.6 Å². The van der Waals surface area contributed by atoms with Crippen molar-refractivity contribution in [2.75, 3.05) is 20.1 Å². The Balaban J connectivity index is 1.77. The molecule has 0 radical (unpaired) electrons. The Morgan fingerprint density at radius 1 is 1.19 bits per heavy atom. The molecule has 1 aromatic carbocycles. The lowest BCUT2D eigenvalue weighted by Gasteiger charge is -2.22. The second-order valence-electron chi connectivity index (χ2n) is 4.22. The second kappa shape index (κ2) is 5.66. The summed E-state index contributed by atoms with van der Waals surface area (Å²) in [6, 6.07) is 10.1. The summed E-state index contributed by atoms with van der Waals surface area (Å²) in [6.07, 6.45) is 2.07. The van der Waals surface area contributed by atoms with Crippen molar-refractivity contribution in [3.05, 3.63) is 35.9 Å². The first-order chi connectivity index (χ1) is 7.84. The van der Waals surface area contributed by atoms with Crippen LogP contribution in [-0.2, 0) is 11.4 Å².